The molecule has 0 aliphatic carbocycles. The van der Waals surface area contributed by atoms with Gasteiger partial charge in [0.1, 0.15) is 0 Å². The Morgan fingerprint density at radius 2 is 1.64 bits per heavy atom. The molecule has 0 amide bonds. The summed E-state index contributed by atoms with van der Waals surface area (Å²) in [6, 6.07) is 0. The number of rotatable bonds is 2. The van der Waals surface area contributed by atoms with E-state index in [0.717, 1.165) is 18.9 Å². The molecule has 82 valence electrons. The Morgan fingerprint density at radius 3 is 2.07 bits per heavy atom. The van der Waals surface area contributed by atoms with E-state index >= 15 is 0 Å². The fraction of sp³-hybridized carbons (Fsp3) is 0.600. The summed E-state index contributed by atoms with van der Waals surface area (Å²) >= 11 is 5.45. The summed E-state index contributed by atoms with van der Waals surface area (Å²) in [6.07, 6.45) is 5.78. The molecule has 0 bridgehead atoms. The SMILES string of the molecule is CC.N/C(Cl)=C\C=C(/N)N1CCCC1. The maximum atomic E-state index is 5.76. The van der Waals surface area contributed by atoms with Gasteiger partial charge in [-0.3, -0.25) is 0 Å². The van der Waals surface area contributed by atoms with Crippen LogP contribution in [-0.2, 0) is 0 Å². The lowest BCUT2D eigenvalue weighted by atomic mass is 10.4. The normalized spacial score (nSPS) is 17.8. The summed E-state index contributed by atoms with van der Waals surface area (Å²) in [7, 11) is 0. The summed E-state index contributed by atoms with van der Waals surface area (Å²) in [5.74, 6) is 0.746. The molecule has 1 fully saturated rings. The first kappa shape index (κ1) is 13.2. The highest BCUT2D eigenvalue weighted by Gasteiger charge is 2.10. The van der Waals surface area contributed by atoms with Crippen LogP contribution in [0, 0.1) is 0 Å². The molecule has 0 saturated carbocycles. The van der Waals surface area contributed by atoms with Gasteiger partial charge >= 0.3 is 0 Å². The van der Waals surface area contributed by atoms with Crippen LogP contribution in [-0.4, -0.2) is 18.0 Å². The second-order valence-electron chi connectivity index (χ2n) is 2.84. The first-order valence-electron chi connectivity index (χ1n) is 5.03. The van der Waals surface area contributed by atoms with Gasteiger partial charge in [-0.1, -0.05) is 25.4 Å². The van der Waals surface area contributed by atoms with E-state index in [2.05, 4.69) is 4.90 Å². The Morgan fingerprint density at radius 1 is 1.14 bits per heavy atom. The fourth-order valence-corrected chi connectivity index (χ4v) is 1.31. The number of hydrogen-bond acceptors (Lipinski definition) is 3. The van der Waals surface area contributed by atoms with E-state index in [1.807, 2.05) is 13.8 Å². The van der Waals surface area contributed by atoms with Crippen molar-refractivity contribution in [1.29, 1.82) is 0 Å². The molecule has 1 aliphatic rings. The molecule has 1 saturated heterocycles. The van der Waals surface area contributed by atoms with Crippen molar-refractivity contribution in [2.24, 2.45) is 11.5 Å². The van der Waals surface area contributed by atoms with Gasteiger partial charge in [0.25, 0.3) is 0 Å². The van der Waals surface area contributed by atoms with Crippen molar-refractivity contribution in [2.45, 2.75) is 26.7 Å². The minimum absolute atomic E-state index is 0.261. The minimum atomic E-state index is 0.261. The van der Waals surface area contributed by atoms with Gasteiger partial charge in [-0.15, -0.1) is 0 Å². The number of nitrogens with two attached hydrogens (primary N) is 2. The van der Waals surface area contributed by atoms with Gasteiger partial charge in [0.05, 0.1) is 11.0 Å². The summed E-state index contributed by atoms with van der Waals surface area (Å²) in [4.78, 5) is 2.12. The Hall–Kier alpha value is -0.830. The van der Waals surface area contributed by atoms with E-state index in [0.29, 0.717) is 0 Å². The van der Waals surface area contributed by atoms with E-state index in [1.165, 1.54) is 12.8 Å². The molecule has 0 atom stereocenters. The van der Waals surface area contributed by atoms with Crippen molar-refractivity contribution in [3.63, 3.8) is 0 Å². The largest absolute Gasteiger partial charge is 0.389 e. The highest BCUT2D eigenvalue weighted by atomic mass is 35.5. The predicted octanol–water partition coefficient (Wildman–Crippen LogP) is 1.95. The molecule has 0 radical (unpaired) electrons. The van der Waals surface area contributed by atoms with Crippen LogP contribution >= 0.6 is 11.6 Å². The summed E-state index contributed by atoms with van der Waals surface area (Å²) in [6.45, 7) is 6.08. The van der Waals surface area contributed by atoms with Crippen LogP contribution in [0.4, 0.5) is 0 Å². The van der Waals surface area contributed by atoms with Crippen LogP contribution in [0.1, 0.15) is 26.7 Å². The number of allylic oxidation sites excluding steroid dienone is 2. The van der Waals surface area contributed by atoms with Gasteiger partial charge in [-0.05, 0) is 25.0 Å². The molecule has 1 aliphatic heterocycles. The molecule has 0 aromatic rings. The van der Waals surface area contributed by atoms with Crippen LogP contribution < -0.4 is 11.5 Å². The van der Waals surface area contributed by atoms with E-state index in [-0.39, 0.29) is 5.16 Å². The highest BCUT2D eigenvalue weighted by molar-refractivity contribution is 6.29. The molecular formula is C10H20ClN3. The zero-order chi connectivity index (χ0) is 11.0. The zero-order valence-electron chi connectivity index (χ0n) is 8.96. The van der Waals surface area contributed by atoms with Gasteiger partial charge < -0.3 is 16.4 Å². The quantitative estimate of drug-likeness (QED) is 0.549. The van der Waals surface area contributed by atoms with Crippen LogP contribution in [0.25, 0.3) is 0 Å². The van der Waals surface area contributed by atoms with Gasteiger partial charge in [0.2, 0.25) is 0 Å². The van der Waals surface area contributed by atoms with E-state index in [1.54, 1.807) is 12.2 Å². The monoisotopic (exact) mass is 217 g/mol. The van der Waals surface area contributed by atoms with Crippen molar-refractivity contribution >= 4 is 11.6 Å². The molecule has 1 rings (SSSR count). The first-order chi connectivity index (χ1) is 6.70. The molecular weight excluding hydrogens is 198 g/mol. The Labute approximate surface area is 91.4 Å². The average Bonchev–Trinajstić information content (AvgIpc) is 2.70. The predicted molar refractivity (Wildman–Crippen MR) is 62.5 cm³/mol. The molecule has 14 heavy (non-hydrogen) atoms. The fourth-order valence-electron chi connectivity index (χ4n) is 1.25. The molecule has 0 aromatic heterocycles. The number of likely N-dealkylation sites (tertiary alicyclic amines) is 1. The van der Waals surface area contributed by atoms with Crippen LogP contribution in [0.15, 0.2) is 23.1 Å². The molecule has 0 unspecified atom stereocenters. The molecule has 4 N–H and O–H groups in total. The van der Waals surface area contributed by atoms with Gasteiger partial charge in [0.15, 0.2) is 0 Å². The van der Waals surface area contributed by atoms with E-state index in [4.69, 9.17) is 23.1 Å². The van der Waals surface area contributed by atoms with Gasteiger partial charge in [-0.25, -0.2) is 0 Å². The Kier molecular flexibility index (Phi) is 7.11. The third kappa shape index (κ3) is 5.02. The zero-order valence-corrected chi connectivity index (χ0v) is 9.72. The van der Waals surface area contributed by atoms with Crippen molar-refractivity contribution in [3.05, 3.63) is 23.1 Å². The smallest absolute Gasteiger partial charge is 0.0993 e. The molecule has 3 nitrogen and oxygen atoms in total. The maximum absolute atomic E-state index is 5.76. The molecule has 4 heteroatoms. The number of hydrogen-bond donors (Lipinski definition) is 2. The van der Waals surface area contributed by atoms with E-state index in [9.17, 15) is 0 Å². The van der Waals surface area contributed by atoms with Crippen LogP contribution in [0.5, 0.6) is 0 Å². The van der Waals surface area contributed by atoms with Crippen LogP contribution in [0.3, 0.4) is 0 Å². The van der Waals surface area contributed by atoms with Crippen LogP contribution in [0.2, 0.25) is 0 Å². The van der Waals surface area contributed by atoms with Crippen molar-refractivity contribution in [2.75, 3.05) is 13.1 Å². The lowest BCUT2D eigenvalue weighted by Crippen LogP contribution is -2.24. The average molecular weight is 218 g/mol. The molecule has 0 spiro atoms. The van der Waals surface area contributed by atoms with Crippen molar-refractivity contribution < 1.29 is 0 Å². The summed E-state index contributed by atoms with van der Waals surface area (Å²) < 4.78 is 0. The van der Waals surface area contributed by atoms with E-state index < -0.39 is 0 Å². The number of halogens is 1. The topological polar surface area (TPSA) is 55.3 Å². The van der Waals surface area contributed by atoms with Gasteiger partial charge in [0, 0.05) is 13.1 Å². The lowest BCUT2D eigenvalue weighted by Gasteiger charge is -2.16. The van der Waals surface area contributed by atoms with Crippen molar-refractivity contribution in [1.82, 2.24) is 4.90 Å². The third-order valence-corrected chi connectivity index (χ3v) is 2.01. The number of nitrogens with zero attached hydrogens (tertiary/aromatic N) is 1. The Bertz CT molecular complexity index is 201. The molecule has 1 heterocycles. The van der Waals surface area contributed by atoms with Crippen molar-refractivity contribution in [3.8, 4) is 0 Å². The second kappa shape index (κ2) is 7.56. The van der Waals surface area contributed by atoms with Gasteiger partial charge in [-0.2, -0.15) is 0 Å². The highest BCUT2D eigenvalue weighted by Crippen LogP contribution is 2.10. The lowest BCUT2D eigenvalue weighted by molar-refractivity contribution is 0.421. The minimum Gasteiger partial charge on any atom is -0.389 e. The summed E-state index contributed by atoms with van der Waals surface area (Å²) in [5.41, 5.74) is 11.0. The second-order valence-corrected chi connectivity index (χ2v) is 3.27. The third-order valence-electron chi connectivity index (χ3n) is 1.88. The molecule has 0 aromatic carbocycles. The maximum Gasteiger partial charge on any atom is 0.0993 e. The standard InChI is InChI=1S/C8H14ClN3.C2H6/c9-7(10)3-4-8(11)12-5-1-2-6-12;1-2/h3-4H,1-2,5-6,10-11H2;1-2H3/b7-3-,8-4+;. The Balaban J connectivity index is 0.000000791. The summed E-state index contributed by atoms with van der Waals surface area (Å²) in [5, 5.41) is 0.261. The first-order valence-corrected chi connectivity index (χ1v) is 5.41.